The molecule has 1 heterocycles. The summed E-state index contributed by atoms with van der Waals surface area (Å²) in [7, 11) is 5.02. The second-order valence-electron chi connectivity index (χ2n) is 5.45. The van der Waals surface area contributed by atoms with Crippen LogP contribution in [0.2, 0.25) is 0 Å². The van der Waals surface area contributed by atoms with Crippen LogP contribution < -0.4 is 14.8 Å². The van der Waals surface area contributed by atoms with E-state index in [4.69, 9.17) is 9.47 Å². The van der Waals surface area contributed by atoms with Crippen LogP contribution in [-0.2, 0) is 7.05 Å². The molecule has 0 fully saturated rings. The molecule has 25 heavy (non-hydrogen) atoms. The van der Waals surface area contributed by atoms with E-state index >= 15 is 0 Å². The minimum Gasteiger partial charge on any atom is -0.497 e. The zero-order chi connectivity index (χ0) is 17.8. The number of hydrogen-bond donors (Lipinski definition) is 1. The van der Waals surface area contributed by atoms with Crippen molar-refractivity contribution in [3.05, 3.63) is 60.3 Å². The fourth-order valence-corrected chi connectivity index (χ4v) is 2.51. The molecule has 0 saturated heterocycles. The van der Waals surface area contributed by atoms with Crippen molar-refractivity contribution in [1.82, 2.24) is 9.78 Å². The average Bonchev–Trinajstić information content (AvgIpc) is 3.04. The van der Waals surface area contributed by atoms with Gasteiger partial charge >= 0.3 is 0 Å². The van der Waals surface area contributed by atoms with Crippen molar-refractivity contribution < 1.29 is 14.3 Å². The van der Waals surface area contributed by atoms with Gasteiger partial charge in [-0.25, -0.2) is 0 Å². The number of hydrogen-bond acceptors (Lipinski definition) is 4. The number of nitrogens with one attached hydrogen (secondary N) is 1. The molecule has 6 heteroatoms. The lowest BCUT2D eigenvalue weighted by Gasteiger charge is -2.05. The summed E-state index contributed by atoms with van der Waals surface area (Å²) in [5.41, 5.74) is 2.80. The van der Waals surface area contributed by atoms with E-state index in [1.807, 2.05) is 43.4 Å². The van der Waals surface area contributed by atoms with Gasteiger partial charge in [-0.1, -0.05) is 6.07 Å². The molecule has 3 aromatic rings. The first kappa shape index (κ1) is 16.6. The van der Waals surface area contributed by atoms with E-state index in [0.29, 0.717) is 17.1 Å². The van der Waals surface area contributed by atoms with Crippen molar-refractivity contribution in [1.29, 1.82) is 0 Å². The molecule has 6 nitrogen and oxygen atoms in total. The summed E-state index contributed by atoms with van der Waals surface area (Å²) >= 11 is 0. The van der Waals surface area contributed by atoms with E-state index in [9.17, 15) is 4.79 Å². The Morgan fingerprint density at radius 3 is 2.40 bits per heavy atom. The van der Waals surface area contributed by atoms with Crippen molar-refractivity contribution in [2.24, 2.45) is 7.05 Å². The van der Waals surface area contributed by atoms with Gasteiger partial charge in [-0.15, -0.1) is 0 Å². The Hall–Kier alpha value is -3.28. The van der Waals surface area contributed by atoms with Crippen molar-refractivity contribution in [3.63, 3.8) is 0 Å². The number of nitrogens with zero attached hydrogens (tertiary/aromatic N) is 2. The Kier molecular flexibility index (Phi) is 4.70. The van der Waals surface area contributed by atoms with E-state index in [0.717, 1.165) is 17.0 Å². The number of carbonyl (C=O) groups excluding carboxylic acids is 1. The Morgan fingerprint density at radius 1 is 1.00 bits per heavy atom. The third kappa shape index (κ3) is 3.63. The average molecular weight is 337 g/mol. The molecule has 0 spiro atoms. The molecule has 0 saturated carbocycles. The molecule has 1 amide bonds. The topological polar surface area (TPSA) is 65.4 Å². The van der Waals surface area contributed by atoms with Crippen molar-refractivity contribution >= 4 is 11.6 Å². The van der Waals surface area contributed by atoms with Crippen LogP contribution in [0.15, 0.2) is 54.6 Å². The maximum Gasteiger partial charge on any atom is 0.276 e. The van der Waals surface area contributed by atoms with Crippen molar-refractivity contribution in [3.8, 4) is 22.8 Å². The summed E-state index contributed by atoms with van der Waals surface area (Å²) < 4.78 is 12.0. The van der Waals surface area contributed by atoms with Gasteiger partial charge in [-0.05, 0) is 42.5 Å². The van der Waals surface area contributed by atoms with E-state index in [1.165, 1.54) is 0 Å². The molecular weight excluding hydrogens is 318 g/mol. The van der Waals surface area contributed by atoms with Gasteiger partial charge in [0.15, 0.2) is 5.69 Å². The maximum absolute atomic E-state index is 12.5. The molecule has 0 atom stereocenters. The number of amides is 1. The molecule has 0 bridgehead atoms. The highest BCUT2D eigenvalue weighted by Crippen LogP contribution is 2.23. The van der Waals surface area contributed by atoms with Gasteiger partial charge in [0.05, 0.1) is 19.9 Å². The zero-order valence-corrected chi connectivity index (χ0v) is 14.3. The SMILES string of the molecule is COc1ccc(-c2cc(C(=O)Nc3cccc(OC)c3)nn2C)cc1. The first-order valence-electron chi connectivity index (χ1n) is 7.74. The van der Waals surface area contributed by atoms with E-state index in [1.54, 1.807) is 37.1 Å². The lowest BCUT2D eigenvalue weighted by Crippen LogP contribution is -2.13. The summed E-state index contributed by atoms with van der Waals surface area (Å²) in [6.45, 7) is 0. The van der Waals surface area contributed by atoms with Crippen LogP contribution >= 0.6 is 0 Å². The van der Waals surface area contributed by atoms with Crippen LogP contribution in [0.3, 0.4) is 0 Å². The summed E-state index contributed by atoms with van der Waals surface area (Å²) in [5, 5.41) is 7.14. The van der Waals surface area contributed by atoms with Gasteiger partial charge in [0.1, 0.15) is 11.5 Å². The summed E-state index contributed by atoms with van der Waals surface area (Å²) in [4.78, 5) is 12.5. The number of ether oxygens (including phenoxy) is 2. The quantitative estimate of drug-likeness (QED) is 0.775. The van der Waals surface area contributed by atoms with Gasteiger partial charge in [0, 0.05) is 24.4 Å². The molecule has 0 unspecified atom stereocenters. The fourth-order valence-electron chi connectivity index (χ4n) is 2.51. The van der Waals surface area contributed by atoms with Gasteiger partial charge in [-0.3, -0.25) is 9.48 Å². The lowest BCUT2D eigenvalue weighted by atomic mass is 10.1. The van der Waals surface area contributed by atoms with E-state index in [2.05, 4.69) is 10.4 Å². The second kappa shape index (κ2) is 7.09. The summed E-state index contributed by atoms with van der Waals surface area (Å²) in [6, 6.07) is 16.6. The molecule has 0 aliphatic rings. The largest absolute Gasteiger partial charge is 0.497 e. The highest BCUT2D eigenvalue weighted by atomic mass is 16.5. The third-order valence-corrected chi connectivity index (χ3v) is 3.83. The van der Waals surface area contributed by atoms with Crippen LogP contribution in [0.1, 0.15) is 10.5 Å². The Bertz CT molecular complexity index is 885. The number of anilines is 1. The van der Waals surface area contributed by atoms with E-state index in [-0.39, 0.29) is 5.91 Å². The minimum atomic E-state index is -0.274. The van der Waals surface area contributed by atoms with Gasteiger partial charge in [0.2, 0.25) is 0 Å². The van der Waals surface area contributed by atoms with E-state index < -0.39 is 0 Å². The first-order chi connectivity index (χ1) is 12.1. The summed E-state index contributed by atoms with van der Waals surface area (Å²) in [6.07, 6.45) is 0. The standard InChI is InChI=1S/C19H19N3O3/c1-22-18(13-7-9-15(24-2)10-8-13)12-17(21-22)19(23)20-14-5-4-6-16(11-14)25-3/h4-12H,1-3H3,(H,20,23). The zero-order valence-electron chi connectivity index (χ0n) is 14.3. The molecule has 128 valence electrons. The smallest absolute Gasteiger partial charge is 0.276 e. The Labute approximate surface area is 146 Å². The van der Waals surface area contributed by atoms with Crippen molar-refractivity contribution in [2.75, 3.05) is 19.5 Å². The van der Waals surface area contributed by atoms with Crippen LogP contribution in [0, 0.1) is 0 Å². The van der Waals surface area contributed by atoms with Crippen LogP contribution in [0.5, 0.6) is 11.5 Å². The number of methoxy groups -OCH3 is 2. The molecule has 0 radical (unpaired) electrons. The summed E-state index contributed by atoms with van der Waals surface area (Å²) in [5.74, 6) is 1.18. The number of aromatic nitrogens is 2. The Balaban J connectivity index is 1.81. The predicted molar refractivity (Wildman–Crippen MR) is 96.1 cm³/mol. The van der Waals surface area contributed by atoms with Gasteiger partial charge in [-0.2, -0.15) is 5.10 Å². The number of benzene rings is 2. The maximum atomic E-state index is 12.5. The molecule has 1 aromatic heterocycles. The van der Waals surface area contributed by atoms with Crippen LogP contribution in [-0.4, -0.2) is 29.9 Å². The fraction of sp³-hybridized carbons (Fsp3) is 0.158. The molecular formula is C19H19N3O3. The molecule has 0 aliphatic carbocycles. The highest BCUT2D eigenvalue weighted by molar-refractivity contribution is 6.03. The highest BCUT2D eigenvalue weighted by Gasteiger charge is 2.14. The van der Waals surface area contributed by atoms with Gasteiger partial charge in [0.25, 0.3) is 5.91 Å². The lowest BCUT2D eigenvalue weighted by molar-refractivity contribution is 0.102. The van der Waals surface area contributed by atoms with Crippen molar-refractivity contribution in [2.45, 2.75) is 0 Å². The first-order valence-corrected chi connectivity index (χ1v) is 7.74. The van der Waals surface area contributed by atoms with Gasteiger partial charge < -0.3 is 14.8 Å². The number of rotatable bonds is 5. The molecule has 0 aliphatic heterocycles. The predicted octanol–water partition coefficient (Wildman–Crippen LogP) is 3.36. The number of aryl methyl sites for hydroxylation is 1. The molecule has 2 aromatic carbocycles. The van der Waals surface area contributed by atoms with Crippen LogP contribution in [0.25, 0.3) is 11.3 Å². The number of carbonyl (C=O) groups is 1. The Morgan fingerprint density at radius 2 is 1.72 bits per heavy atom. The molecule has 1 N–H and O–H groups in total. The normalized spacial score (nSPS) is 10.4. The second-order valence-corrected chi connectivity index (χ2v) is 5.45. The third-order valence-electron chi connectivity index (χ3n) is 3.83. The monoisotopic (exact) mass is 337 g/mol. The molecule has 3 rings (SSSR count). The minimum absolute atomic E-state index is 0.274. The van der Waals surface area contributed by atoms with Crippen LogP contribution in [0.4, 0.5) is 5.69 Å².